The molecule has 0 unspecified atom stereocenters. The molecule has 2 aromatic rings. The van der Waals surface area contributed by atoms with Gasteiger partial charge in [-0.3, -0.25) is 9.59 Å². The third kappa shape index (κ3) is 5.13. The van der Waals surface area contributed by atoms with Crippen LogP contribution in [-0.4, -0.2) is 44.1 Å². The number of hydrogen-bond acceptors (Lipinski definition) is 7. The molecule has 1 aromatic heterocycles. The summed E-state index contributed by atoms with van der Waals surface area (Å²) < 4.78 is 15.5. The van der Waals surface area contributed by atoms with E-state index in [4.69, 9.17) is 13.9 Å². The normalized spacial score (nSPS) is 12.3. The minimum Gasteiger partial charge on any atom is -0.482 e. The molecule has 0 atom stereocenters. The fourth-order valence-corrected chi connectivity index (χ4v) is 3.17. The molecule has 1 aromatic carbocycles. The number of ether oxygens (including phenoxy) is 2. The molecular weight excluding hydrogens is 380 g/mol. The van der Waals surface area contributed by atoms with E-state index < -0.39 is 25.1 Å². The van der Waals surface area contributed by atoms with Gasteiger partial charge < -0.3 is 24.5 Å². The molecule has 1 aliphatic carbocycles. The van der Waals surface area contributed by atoms with Gasteiger partial charge in [-0.2, -0.15) is 0 Å². The zero-order valence-corrected chi connectivity index (χ0v) is 16.0. The molecule has 1 aliphatic rings. The molecule has 0 spiro atoms. The van der Waals surface area contributed by atoms with Crippen molar-refractivity contribution in [3.05, 3.63) is 39.7 Å². The highest BCUT2D eigenvalue weighted by molar-refractivity contribution is 5.86. The number of likely N-dealkylation sites (N-methyl/N-ethyl adjacent to an activating group) is 1. The summed E-state index contributed by atoms with van der Waals surface area (Å²) in [5.74, 6) is -1.32. The van der Waals surface area contributed by atoms with Crippen LogP contribution in [0.4, 0.5) is 0 Å². The van der Waals surface area contributed by atoms with Crippen LogP contribution >= 0.6 is 0 Å². The Bertz CT molecular complexity index is 996. The van der Waals surface area contributed by atoms with Crippen molar-refractivity contribution in [1.82, 2.24) is 10.6 Å². The minimum absolute atomic E-state index is 0.188. The lowest BCUT2D eigenvalue weighted by atomic mass is 10.1. The van der Waals surface area contributed by atoms with Crippen LogP contribution in [0.2, 0.25) is 0 Å². The van der Waals surface area contributed by atoms with Gasteiger partial charge in [-0.15, -0.1) is 0 Å². The number of rotatable bonds is 8. The lowest BCUT2D eigenvalue weighted by molar-refractivity contribution is -0.150. The largest absolute Gasteiger partial charge is 0.482 e. The van der Waals surface area contributed by atoms with Crippen molar-refractivity contribution in [3.8, 4) is 5.75 Å². The van der Waals surface area contributed by atoms with Crippen molar-refractivity contribution in [1.29, 1.82) is 0 Å². The van der Waals surface area contributed by atoms with Gasteiger partial charge in [0, 0.05) is 23.6 Å². The first-order valence-corrected chi connectivity index (χ1v) is 9.38. The monoisotopic (exact) mass is 402 g/mol. The fraction of sp³-hybridized carbons (Fsp3) is 0.400. The van der Waals surface area contributed by atoms with E-state index in [0.717, 1.165) is 35.8 Å². The van der Waals surface area contributed by atoms with Crippen LogP contribution in [0.3, 0.4) is 0 Å². The van der Waals surface area contributed by atoms with Gasteiger partial charge in [0.05, 0.1) is 6.54 Å². The van der Waals surface area contributed by atoms with Crippen LogP contribution < -0.4 is 21.0 Å². The maximum absolute atomic E-state index is 12.0. The van der Waals surface area contributed by atoms with Gasteiger partial charge in [-0.05, 0) is 43.9 Å². The van der Waals surface area contributed by atoms with Crippen molar-refractivity contribution >= 4 is 28.8 Å². The molecular formula is C20H22N2O7. The fourth-order valence-electron chi connectivity index (χ4n) is 3.17. The number of esters is 1. The molecule has 0 aliphatic heterocycles. The van der Waals surface area contributed by atoms with Crippen molar-refractivity contribution < 1.29 is 28.3 Å². The first-order valence-electron chi connectivity index (χ1n) is 9.38. The van der Waals surface area contributed by atoms with Crippen LogP contribution in [0.1, 0.15) is 24.5 Å². The number of carbonyl (C=O) groups excluding carboxylic acids is 3. The topological polar surface area (TPSA) is 124 Å². The highest BCUT2D eigenvalue weighted by Gasteiger charge is 2.19. The van der Waals surface area contributed by atoms with Gasteiger partial charge in [0.25, 0.3) is 5.91 Å². The van der Waals surface area contributed by atoms with E-state index in [-0.39, 0.29) is 18.1 Å². The van der Waals surface area contributed by atoms with E-state index in [1.165, 1.54) is 0 Å². The first kappa shape index (κ1) is 20.4. The lowest BCUT2D eigenvalue weighted by Crippen LogP contribution is -2.38. The molecule has 0 saturated carbocycles. The quantitative estimate of drug-likeness (QED) is 0.485. The second kappa shape index (κ2) is 9.22. The van der Waals surface area contributed by atoms with E-state index >= 15 is 0 Å². The number of hydrogen-bond donors (Lipinski definition) is 2. The van der Waals surface area contributed by atoms with Crippen LogP contribution in [0.15, 0.2) is 27.4 Å². The molecule has 1 heterocycles. The van der Waals surface area contributed by atoms with E-state index in [9.17, 15) is 19.2 Å². The maximum atomic E-state index is 12.0. The summed E-state index contributed by atoms with van der Waals surface area (Å²) >= 11 is 0. The Kier molecular flexibility index (Phi) is 6.48. The Morgan fingerprint density at radius 1 is 1.07 bits per heavy atom. The number of aryl methyl sites for hydroxylation is 1. The number of benzene rings is 1. The first-order chi connectivity index (χ1) is 14.0. The summed E-state index contributed by atoms with van der Waals surface area (Å²) in [6, 6.07) is 5.05. The Labute approximate surface area is 166 Å². The standard InChI is InChI=1S/C20H22N2O7/c1-2-21-17(23)9-22-18(24)10-28-19(25)11-27-12-6-7-14-13-4-3-5-15(13)20(26)29-16(14)8-12/h6-8H,2-5,9-11H2,1H3,(H,21,23)(H,22,24). The van der Waals surface area contributed by atoms with Crippen molar-refractivity contribution in [2.75, 3.05) is 26.3 Å². The highest BCUT2D eigenvalue weighted by atomic mass is 16.6. The van der Waals surface area contributed by atoms with Crippen molar-refractivity contribution in [2.45, 2.75) is 26.2 Å². The maximum Gasteiger partial charge on any atom is 0.344 e. The zero-order valence-electron chi connectivity index (χ0n) is 16.0. The molecule has 0 bridgehead atoms. The molecule has 9 heteroatoms. The molecule has 0 fully saturated rings. The Morgan fingerprint density at radius 3 is 2.66 bits per heavy atom. The summed E-state index contributed by atoms with van der Waals surface area (Å²) in [6.07, 6.45) is 2.50. The van der Waals surface area contributed by atoms with Gasteiger partial charge >= 0.3 is 11.6 Å². The summed E-state index contributed by atoms with van der Waals surface area (Å²) in [5.41, 5.74) is 1.83. The summed E-state index contributed by atoms with van der Waals surface area (Å²) in [5, 5.41) is 5.73. The highest BCUT2D eigenvalue weighted by Crippen LogP contribution is 2.29. The lowest BCUT2D eigenvalue weighted by Gasteiger charge is -2.09. The Morgan fingerprint density at radius 2 is 1.86 bits per heavy atom. The molecule has 9 nitrogen and oxygen atoms in total. The van der Waals surface area contributed by atoms with Gasteiger partial charge in [-0.1, -0.05) is 0 Å². The van der Waals surface area contributed by atoms with E-state index in [2.05, 4.69) is 10.6 Å². The van der Waals surface area contributed by atoms with Crippen LogP contribution in [0.25, 0.3) is 11.0 Å². The molecule has 0 saturated heterocycles. The van der Waals surface area contributed by atoms with Crippen LogP contribution in [0.5, 0.6) is 5.75 Å². The van der Waals surface area contributed by atoms with Gasteiger partial charge in [-0.25, -0.2) is 9.59 Å². The van der Waals surface area contributed by atoms with E-state index in [1.54, 1.807) is 25.1 Å². The van der Waals surface area contributed by atoms with Gasteiger partial charge in [0.1, 0.15) is 11.3 Å². The van der Waals surface area contributed by atoms with Crippen LogP contribution in [-0.2, 0) is 32.0 Å². The second-order valence-electron chi connectivity index (χ2n) is 6.54. The molecule has 29 heavy (non-hydrogen) atoms. The Balaban J connectivity index is 1.50. The molecule has 2 amide bonds. The molecule has 154 valence electrons. The summed E-state index contributed by atoms with van der Waals surface area (Å²) in [7, 11) is 0. The predicted octanol–water partition coefficient (Wildman–Crippen LogP) is 0.456. The predicted molar refractivity (Wildman–Crippen MR) is 103 cm³/mol. The number of nitrogens with one attached hydrogen (secondary N) is 2. The van der Waals surface area contributed by atoms with Crippen LogP contribution in [0, 0.1) is 0 Å². The van der Waals surface area contributed by atoms with Gasteiger partial charge in [0.15, 0.2) is 13.2 Å². The van der Waals surface area contributed by atoms with E-state index in [1.807, 2.05) is 0 Å². The smallest absolute Gasteiger partial charge is 0.344 e. The van der Waals surface area contributed by atoms with Crippen molar-refractivity contribution in [2.24, 2.45) is 0 Å². The van der Waals surface area contributed by atoms with Crippen molar-refractivity contribution in [3.63, 3.8) is 0 Å². The Hall–Kier alpha value is -3.36. The van der Waals surface area contributed by atoms with E-state index in [0.29, 0.717) is 17.9 Å². The average Bonchev–Trinajstić information content (AvgIpc) is 3.20. The summed E-state index contributed by atoms with van der Waals surface area (Å²) in [4.78, 5) is 46.6. The average molecular weight is 402 g/mol. The molecule has 0 radical (unpaired) electrons. The third-order valence-corrected chi connectivity index (χ3v) is 4.49. The summed E-state index contributed by atoms with van der Waals surface area (Å²) in [6.45, 7) is 1.11. The third-order valence-electron chi connectivity index (χ3n) is 4.49. The number of amides is 2. The van der Waals surface area contributed by atoms with Gasteiger partial charge in [0.2, 0.25) is 5.91 Å². The number of fused-ring (bicyclic) bond motifs is 3. The number of carbonyl (C=O) groups is 3. The zero-order chi connectivity index (χ0) is 20.8. The second-order valence-corrected chi connectivity index (χ2v) is 6.54. The molecule has 3 rings (SSSR count). The SMILES string of the molecule is CCNC(=O)CNC(=O)COC(=O)COc1ccc2c3c(c(=O)oc2c1)CCC3. The molecule has 2 N–H and O–H groups in total. The minimum atomic E-state index is -0.742.